The summed E-state index contributed by atoms with van der Waals surface area (Å²) in [6.45, 7) is 6.99. The molecule has 2 fully saturated rings. The van der Waals surface area contributed by atoms with Crippen LogP contribution in [0.4, 0.5) is 0 Å². The number of amides is 2. The van der Waals surface area contributed by atoms with E-state index in [1.165, 1.54) is 5.56 Å². The maximum absolute atomic E-state index is 12.6. The molecule has 1 aromatic rings. The van der Waals surface area contributed by atoms with Gasteiger partial charge in [0.25, 0.3) is 0 Å². The van der Waals surface area contributed by atoms with Gasteiger partial charge in [0.05, 0.1) is 0 Å². The SMILES string of the molecule is CC(C)[C@H]1CN(CC=Cc2ccccc2)C[C@@H]1NC(=O)C1(C(N)=O)CC1.Cl. The van der Waals surface area contributed by atoms with Crippen molar-refractivity contribution in [1.29, 1.82) is 0 Å². The highest BCUT2D eigenvalue weighted by atomic mass is 35.5. The number of nitrogens with zero attached hydrogens (tertiary/aromatic N) is 1. The van der Waals surface area contributed by atoms with Gasteiger partial charge in [-0.05, 0) is 30.2 Å². The maximum Gasteiger partial charge on any atom is 0.235 e. The van der Waals surface area contributed by atoms with Crippen LogP contribution < -0.4 is 11.1 Å². The Hall–Kier alpha value is -1.85. The molecule has 1 aromatic carbocycles. The number of hydrogen-bond donors (Lipinski definition) is 2. The average Bonchev–Trinajstić information content (AvgIpc) is 3.33. The highest BCUT2D eigenvalue weighted by Crippen LogP contribution is 2.45. The molecular weight excluding hydrogens is 362 g/mol. The highest BCUT2D eigenvalue weighted by Gasteiger charge is 2.56. The fourth-order valence-electron chi connectivity index (χ4n) is 3.81. The molecule has 0 radical (unpaired) electrons. The van der Waals surface area contributed by atoms with Gasteiger partial charge in [-0.15, -0.1) is 12.4 Å². The fraction of sp³-hybridized carbons (Fsp3) is 0.524. The minimum absolute atomic E-state index is 0. The van der Waals surface area contributed by atoms with Crippen LogP contribution in [0.3, 0.4) is 0 Å². The quantitative estimate of drug-likeness (QED) is 0.701. The van der Waals surface area contributed by atoms with Crippen molar-refractivity contribution in [3.8, 4) is 0 Å². The van der Waals surface area contributed by atoms with E-state index in [1.54, 1.807) is 0 Å². The lowest BCUT2D eigenvalue weighted by Crippen LogP contribution is -2.48. The molecule has 1 heterocycles. The van der Waals surface area contributed by atoms with Crippen molar-refractivity contribution in [3.63, 3.8) is 0 Å². The molecule has 27 heavy (non-hydrogen) atoms. The van der Waals surface area contributed by atoms with Crippen molar-refractivity contribution in [2.75, 3.05) is 19.6 Å². The van der Waals surface area contributed by atoms with Crippen molar-refractivity contribution in [2.45, 2.75) is 32.7 Å². The zero-order valence-corrected chi connectivity index (χ0v) is 16.9. The Bertz CT molecular complexity index is 686. The number of halogens is 1. The summed E-state index contributed by atoms with van der Waals surface area (Å²) >= 11 is 0. The highest BCUT2D eigenvalue weighted by molar-refractivity contribution is 6.07. The standard InChI is InChI=1S/C21H29N3O2.ClH/c1-15(2)17-13-24(12-6-9-16-7-4-3-5-8-16)14-18(17)23-20(26)21(10-11-21)19(22)25;/h3-9,15,17-18H,10-14H2,1-2H3,(H2,22,25)(H,23,26);1H/t17-,18+;/m1./s1. The topological polar surface area (TPSA) is 75.4 Å². The van der Waals surface area contributed by atoms with Gasteiger partial charge in [-0.25, -0.2) is 0 Å². The number of primary amides is 1. The maximum atomic E-state index is 12.6. The first kappa shape index (κ1) is 21.5. The summed E-state index contributed by atoms with van der Waals surface area (Å²) in [5, 5.41) is 3.13. The molecular formula is C21H30ClN3O2. The number of benzene rings is 1. The summed E-state index contributed by atoms with van der Waals surface area (Å²) in [5.74, 6) is 0.180. The van der Waals surface area contributed by atoms with Gasteiger partial charge >= 0.3 is 0 Å². The summed E-state index contributed by atoms with van der Waals surface area (Å²) in [6.07, 6.45) is 5.46. The Kier molecular flexibility index (Phi) is 7.06. The fourth-order valence-corrected chi connectivity index (χ4v) is 3.81. The first-order valence-electron chi connectivity index (χ1n) is 9.47. The molecule has 2 amide bonds. The first-order chi connectivity index (χ1) is 12.4. The van der Waals surface area contributed by atoms with Crippen LogP contribution >= 0.6 is 12.4 Å². The predicted molar refractivity (Wildman–Crippen MR) is 110 cm³/mol. The Morgan fingerprint density at radius 2 is 1.93 bits per heavy atom. The normalized spacial score (nSPS) is 24.0. The number of nitrogens with two attached hydrogens (primary N) is 1. The number of carbonyl (C=O) groups is 2. The minimum atomic E-state index is -0.942. The molecule has 3 rings (SSSR count). The van der Waals surface area contributed by atoms with E-state index in [0.29, 0.717) is 24.7 Å². The predicted octanol–water partition coefficient (Wildman–Crippen LogP) is 2.46. The van der Waals surface area contributed by atoms with Crippen LogP contribution in [0.15, 0.2) is 36.4 Å². The third-order valence-electron chi connectivity index (χ3n) is 5.74. The van der Waals surface area contributed by atoms with Crippen LogP contribution in [0.25, 0.3) is 6.08 Å². The third kappa shape index (κ3) is 4.90. The van der Waals surface area contributed by atoms with E-state index in [1.807, 2.05) is 18.2 Å². The molecule has 0 spiro atoms. The second-order valence-corrected chi connectivity index (χ2v) is 7.97. The van der Waals surface area contributed by atoms with Crippen LogP contribution in [0.2, 0.25) is 0 Å². The van der Waals surface area contributed by atoms with Gasteiger partial charge in [0.1, 0.15) is 5.41 Å². The Morgan fingerprint density at radius 3 is 2.48 bits per heavy atom. The molecule has 3 N–H and O–H groups in total. The second kappa shape index (κ2) is 8.89. The summed E-state index contributed by atoms with van der Waals surface area (Å²) in [4.78, 5) is 26.5. The molecule has 148 valence electrons. The first-order valence-corrected chi connectivity index (χ1v) is 9.47. The number of carbonyl (C=O) groups excluding carboxylic acids is 2. The van der Waals surface area contributed by atoms with Crippen molar-refractivity contribution < 1.29 is 9.59 Å². The van der Waals surface area contributed by atoms with E-state index in [0.717, 1.165) is 19.6 Å². The summed E-state index contributed by atoms with van der Waals surface area (Å²) < 4.78 is 0. The van der Waals surface area contributed by atoms with E-state index < -0.39 is 11.3 Å². The number of likely N-dealkylation sites (tertiary alicyclic amines) is 1. The van der Waals surface area contributed by atoms with Gasteiger partial charge < -0.3 is 11.1 Å². The Labute approximate surface area is 167 Å². The molecule has 2 atom stereocenters. The summed E-state index contributed by atoms with van der Waals surface area (Å²) in [6, 6.07) is 10.3. The lowest BCUT2D eigenvalue weighted by molar-refractivity contribution is -0.136. The molecule has 0 bridgehead atoms. The van der Waals surface area contributed by atoms with Gasteiger partial charge in [-0.1, -0.05) is 56.3 Å². The minimum Gasteiger partial charge on any atom is -0.369 e. The van der Waals surface area contributed by atoms with Crippen molar-refractivity contribution in [2.24, 2.45) is 23.0 Å². The lowest BCUT2D eigenvalue weighted by atomic mass is 9.90. The van der Waals surface area contributed by atoms with Crippen molar-refractivity contribution >= 4 is 30.3 Å². The van der Waals surface area contributed by atoms with Crippen LogP contribution in [0.1, 0.15) is 32.3 Å². The van der Waals surface area contributed by atoms with Gasteiger partial charge in [0.15, 0.2) is 0 Å². The number of nitrogens with one attached hydrogen (secondary N) is 1. The number of hydrogen-bond acceptors (Lipinski definition) is 3. The second-order valence-electron chi connectivity index (χ2n) is 7.97. The van der Waals surface area contributed by atoms with Crippen molar-refractivity contribution in [1.82, 2.24) is 10.2 Å². The van der Waals surface area contributed by atoms with E-state index >= 15 is 0 Å². The summed E-state index contributed by atoms with van der Waals surface area (Å²) in [5.41, 5.74) is 5.68. The van der Waals surface area contributed by atoms with E-state index in [9.17, 15) is 9.59 Å². The van der Waals surface area contributed by atoms with Crippen LogP contribution in [-0.4, -0.2) is 42.4 Å². The molecule has 1 saturated heterocycles. The monoisotopic (exact) mass is 391 g/mol. The van der Waals surface area contributed by atoms with Crippen molar-refractivity contribution in [3.05, 3.63) is 42.0 Å². The van der Waals surface area contributed by atoms with E-state index in [-0.39, 0.29) is 24.4 Å². The molecule has 1 aliphatic heterocycles. The molecule has 6 heteroatoms. The van der Waals surface area contributed by atoms with Gasteiger partial charge in [0.2, 0.25) is 11.8 Å². The Balaban J connectivity index is 0.00000261. The van der Waals surface area contributed by atoms with E-state index in [2.05, 4.69) is 48.3 Å². The van der Waals surface area contributed by atoms with Gasteiger partial charge in [0, 0.05) is 25.7 Å². The summed E-state index contributed by atoms with van der Waals surface area (Å²) in [7, 11) is 0. The van der Waals surface area contributed by atoms with Gasteiger partial charge in [-0.3, -0.25) is 14.5 Å². The smallest absolute Gasteiger partial charge is 0.235 e. The van der Waals surface area contributed by atoms with Gasteiger partial charge in [-0.2, -0.15) is 0 Å². The molecule has 0 unspecified atom stereocenters. The zero-order valence-electron chi connectivity index (χ0n) is 16.1. The Morgan fingerprint density at radius 1 is 1.26 bits per heavy atom. The van der Waals surface area contributed by atoms with Crippen LogP contribution in [0, 0.1) is 17.3 Å². The average molecular weight is 392 g/mol. The number of rotatable bonds is 7. The van der Waals surface area contributed by atoms with Crippen LogP contribution in [0.5, 0.6) is 0 Å². The zero-order chi connectivity index (χ0) is 18.7. The molecule has 1 saturated carbocycles. The molecule has 5 nitrogen and oxygen atoms in total. The molecule has 2 aliphatic rings. The van der Waals surface area contributed by atoms with E-state index in [4.69, 9.17) is 5.73 Å². The van der Waals surface area contributed by atoms with Crippen LogP contribution in [-0.2, 0) is 9.59 Å². The third-order valence-corrected chi connectivity index (χ3v) is 5.74. The molecule has 0 aromatic heterocycles. The molecule has 1 aliphatic carbocycles. The lowest BCUT2D eigenvalue weighted by Gasteiger charge is -2.24. The largest absolute Gasteiger partial charge is 0.369 e.